The van der Waals surface area contributed by atoms with Gasteiger partial charge in [-0.3, -0.25) is 14.4 Å². The van der Waals surface area contributed by atoms with Crippen molar-refractivity contribution < 1.29 is 51.3 Å². The second-order valence-electron chi connectivity index (χ2n) is 14.1. The van der Waals surface area contributed by atoms with Gasteiger partial charge in [0.15, 0.2) is 23.7 Å². The number of carbonyl (C=O) groups is 4. The number of allylic oxidation sites excluding steroid dienone is 4. The van der Waals surface area contributed by atoms with Crippen molar-refractivity contribution in [3.8, 4) is 11.8 Å². The lowest BCUT2D eigenvalue weighted by atomic mass is 9.44. The highest BCUT2D eigenvalue weighted by Gasteiger charge is 2.78. The third-order valence-corrected chi connectivity index (χ3v) is 11.6. The molecule has 9 atom stereocenters. The molecule has 4 aliphatic rings. The number of carbonyl (C=O) groups excluding carboxylic acids is 4. The van der Waals surface area contributed by atoms with Crippen LogP contribution in [0.25, 0.3) is 0 Å². The van der Waals surface area contributed by atoms with Gasteiger partial charge in [0.1, 0.15) is 11.8 Å². The number of thioether (sulfide) groups is 1. The van der Waals surface area contributed by atoms with E-state index in [4.69, 9.17) is 13.9 Å². The van der Waals surface area contributed by atoms with E-state index in [1.165, 1.54) is 51.3 Å². The van der Waals surface area contributed by atoms with Crippen molar-refractivity contribution in [3.63, 3.8) is 0 Å². The maximum absolute atomic E-state index is 17.7. The summed E-state index contributed by atoms with van der Waals surface area (Å²) in [6.07, 6.45) is 0.679. The zero-order valence-corrected chi connectivity index (χ0v) is 27.8. The van der Waals surface area contributed by atoms with E-state index in [2.05, 4.69) is 11.8 Å². The number of aliphatic hydroxyl groups is 1. The normalized spacial score (nSPS) is 37.4. The number of fused-ring (bicyclic) bond motifs is 5. The van der Waals surface area contributed by atoms with Crippen LogP contribution in [-0.4, -0.2) is 69.5 Å². The second-order valence-corrected chi connectivity index (χ2v) is 15.0. The van der Waals surface area contributed by atoms with Crippen LogP contribution in [0.1, 0.15) is 70.9 Å². The fraction of sp³-hybridized carbons (Fsp3) is 0.600. The maximum Gasteiger partial charge on any atom is 0.375 e. The highest BCUT2D eigenvalue weighted by molar-refractivity contribution is 8.14. The van der Waals surface area contributed by atoms with Crippen LogP contribution >= 0.6 is 11.8 Å². The Kier molecular flexibility index (Phi) is 9.16. The van der Waals surface area contributed by atoms with E-state index in [0.717, 1.165) is 17.8 Å². The molecule has 0 amide bonds. The number of furan rings is 1. The molecule has 0 bridgehead atoms. The number of ether oxygens (including phenoxy) is 2. The van der Waals surface area contributed by atoms with E-state index in [1.54, 1.807) is 13.8 Å². The molecule has 47 heavy (non-hydrogen) atoms. The Bertz CT molecular complexity index is 1570. The molecule has 1 N–H and O–H groups in total. The number of ketones is 1. The molecule has 1 heterocycles. The summed E-state index contributed by atoms with van der Waals surface area (Å²) in [7, 11) is 0. The summed E-state index contributed by atoms with van der Waals surface area (Å²) < 4.78 is 63.5. The molecule has 4 aliphatic carbocycles. The zero-order valence-electron chi connectivity index (χ0n) is 26.9. The van der Waals surface area contributed by atoms with E-state index in [9.17, 15) is 28.7 Å². The standard InChI is InChI=1S/C35H39F3O8S/c1-20-15-22-23-17-25(36)24-16-21(39)10-11-32(24,4)34(23,38)27(40)18-33(22,5)35(20,46-29(42)26-9-8-13-44-26)30(43)47-14-7-6-12-45-28(41)19-31(2,3)37/h8-11,13,16,20,22-23,25,27,40H,12,14-15,17-19H2,1-5H3/t20-,22?,23?,25+,27?,32?,33?,34+,35+/m1/s1. The first-order valence-corrected chi connectivity index (χ1v) is 16.6. The molecule has 3 saturated carbocycles. The van der Waals surface area contributed by atoms with E-state index in [1.807, 2.05) is 0 Å². The van der Waals surface area contributed by atoms with Gasteiger partial charge >= 0.3 is 11.9 Å². The highest BCUT2D eigenvalue weighted by Crippen LogP contribution is 2.72. The maximum atomic E-state index is 17.7. The van der Waals surface area contributed by atoms with Crippen LogP contribution in [0.2, 0.25) is 0 Å². The van der Waals surface area contributed by atoms with Gasteiger partial charge in [-0.2, -0.15) is 0 Å². The fourth-order valence-corrected chi connectivity index (χ4v) is 9.63. The molecule has 0 aliphatic heterocycles. The Morgan fingerprint density at radius 3 is 2.57 bits per heavy atom. The molecule has 1 aromatic rings. The molecular weight excluding hydrogens is 637 g/mol. The van der Waals surface area contributed by atoms with Crippen LogP contribution in [0, 0.1) is 40.4 Å². The lowest BCUT2D eigenvalue weighted by Crippen LogP contribution is -2.70. The van der Waals surface area contributed by atoms with Crippen LogP contribution in [0.4, 0.5) is 13.2 Å². The van der Waals surface area contributed by atoms with Crippen molar-refractivity contribution in [1.29, 1.82) is 0 Å². The van der Waals surface area contributed by atoms with Gasteiger partial charge in [-0.25, -0.2) is 18.0 Å². The average molecular weight is 677 g/mol. The first-order valence-electron chi connectivity index (χ1n) is 15.6. The minimum absolute atomic E-state index is 0.0164. The number of halogens is 3. The lowest BCUT2D eigenvalue weighted by Gasteiger charge is -2.63. The Morgan fingerprint density at radius 2 is 1.91 bits per heavy atom. The lowest BCUT2D eigenvalue weighted by molar-refractivity contribution is -0.221. The van der Waals surface area contributed by atoms with Gasteiger partial charge in [-0.1, -0.05) is 43.5 Å². The van der Waals surface area contributed by atoms with Crippen molar-refractivity contribution in [1.82, 2.24) is 0 Å². The summed E-state index contributed by atoms with van der Waals surface area (Å²) in [4.78, 5) is 51.7. The molecule has 8 nitrogen and oxygen atoms in total. The Morgan fingerprint density at radius 1 is 1.19 bits per heavy atom. The molecule has 5 unspecified atom stereocenters. The van der Waals surface area contributed by atoms with Crippen LogP contribution in [0.5, 0.6) is 0 Å². The van der Waals surface area contributed by atoms with Crippen LogP contribution in [0.3, 0.4) is 0 Å². The minimum atomic E-state index is -2.37. The number of hydrogen-bond acceptors (Lipinski definition) is 9. The second kappa shape index (κ2) is 12.3. The minimum Gasteiger partial charge on any atom is -0.457 e. The van der Waals surface area contributed by atoms with Crippen molar-refractivity contribution >= 4 is 34.6 Å². The van der Waals surface area contributed by atoms with Crippen LogP contribution < -0.4 is 0 Å². The van der Waals surface area contributed by atoms with Gasteiger partial charge in [-0.05, 0) is 75.8 Å². The smallest absolute Gasteiger partial charge is 0.375 e. The Labute approximate surface area is 275 Å². The third-order valence-electron chi connectivity index (χ3n) is 10.7. The van der Waals surface area contributed by atoms with E-state index < -0.39 is 87.1 Å². The average Bonchev–Trinajstić information content (AvgIpc) is 3.59. The summed E-state index contributed by atoms with van der Waals surface area (Å²) in [5.74, 6) is 0.482. The molecule has 0 aromatic carbocycles. The zero-order chi connectivity index (χ0) is 34.6. The number of rotatable bonds is 7. The number of hydrogen-bond donors (Lipinski definition) is 1. The predicted molar refractivity (Wildman–Crippen MR) is 166 cm³/mol. The van der Waals surface area contributed by atoms with Crippen LogP contribution in [0.15, 0.2) is 46.6 Å². The fourth-order valence-electron chi connectivity index (χ4n) is 8.63. The highest BCUT2D eigenvalue weighted by atomic mass is 32.2. The van der Waals surface area contributed by atoms with Gasteiger partial charge in [-0.15, -0.1) is 0 Å². The molecule has 3 fully saturated rings. The molecule has 5 rings (SSSR count). The van der Waals surface area contributed by atoms with E-state index in [0.29, 0.717) is 0 Å². The molecule has 254 valence electrons. The molecule has 1 aromatic heterocycles. The van der Waals surface area contributed by atoms with Crippen molar-refractivity contribution in [2.75, 3.05) is 12.4 Å². The van der Waals surface area contributed by atoms with Gasteiger partial charge in [0.25, 0.3) is 0 Å². The molecule has 12 heteroatoms. The summed E-state index contributed by atoms with van der Waals surface area (Å²) in [6, 6.07) is 2.87. The van der Waals surface area contributed by atoms with E-state index >= 15 is 8.78 Å². The number of alkyl halides is 3. The van der Waals surface area contributed by atoms with Gasteiger partial charge in [0.2, 0.25) is 10.9 Å². The van der Waals surface area contributed by atoms with Crippen molar-refractivity contribution in [2.24, 2.45) is 28.6 Å². The van der Waals surface area contributed by atoms with Gasteiger partial charge in [0, 0.05) is 22.7 Å². The van der Waals surface area contributed by atoms with Crippen molar-refractivity contribution in [2.45, 2.75) is 89.5 Å². The quantitative estimate of drug-likeness (QED) is 0.287. The molecule has 0 radical (unpaired) electrons. The Hall–Kier alpha value is -3.30. The summed E-state index contributed by atoms with van der Waals surface area (Å²) in [6.45, 7) is 7.06. The Balaban J connectivity index is 1.46. The molecule has 0 spiro atoms. The third kappa shape index (κ3) is 5.67. The van der Waals surface area contributed by atoms with E-state index in [-0.39, 0.29) is 43.0 Å². The number of esters is 2. The first kappa shape index (κ1) is 35.0. The predicted octanol–water partition coefficient (Wildman–Crippen LogP) is 5.68. The van der Waals surface area contributed by atoms with Gasteiger partial charge < -0.3 is 19.0 Å². The summed E-state index contributed by atoms with van der Waals surface area (Å²) >= 11 is 0.758. The first-order chi connectivity index (χ1) is 21.9. The van der Waals surface area contributed by atoms with Gasteiger partial charge in [0.05, 0.1) is 24.5 Å². The monoisotopic (exact) mass is 676 g/mol. The SMILES string of the molecule is C[C@@H]1CC2C3C[C@H](F)C4=CC(=O)C=CC4(C)[C@@]3(F)C(O)CC2(C)[C@@]1(OC(=O)c1ccco1)C(=O)SCC#CCOC(=O)CC(C)(C)F. The largest absolute Gasteiger partial charge is 0.457 e. The summed E-state index contributed by atoms with van der Waals surface area (Å²) in [5, 5.41) is 11.1. The topological polar surface area (TPSA) is 120 Å². The van der Waals surface area contributed by atoms with Crippen LogP contribution in [-0.2, 0) is 23.9 Å². The summed E-state index contributed by atoms with van der Waals surface area (Å²) in [5.41, 5.74) is -8.97. The van der Waals surface area contributed by atoms with Crippen molar-refractivity contribution in [3.05, 3.63) is 48.0 Å². The number of aliphatic hydroxyl groups excluding tert-OH is 1. The molecule has 0 saturated heterocycles. The molecular formula is C35H39F3O8S.